The van der Waals surface area contributed by atoms with Crippen molar-refractivity contribution in [3.63, 3.8) is 0 Å². The van der Waals surface area contributed by atoms with Crippen molar-refractivity contribution in [2.75, 3.05) is 0 Å². The van der Waals surface area contributed by atoms with Gasteiger partial charge in [-0.05, 0) is 49.4 Å². The Morgan fingerprint density at radius 3 is 2.38 bits per heavy atom. The molecule has 1 unspecified atom stereocenters. The van der Waals surface area contributed by atoms with Crippen molar-refractivity contribution < 1.29 is 14.5 Å². The van der Waals surface area contributed by atoms with Gasteiger partial charge in [0.1, 0.15) is 6.04 Å². The molecule has 1 aromatic carbocycles. The molecule has 1 rings (SSSR count). The summed E-state index contributed by atoms with van der Waals surface area (Å²) in [5.74, 6) is -0.826. The Bertz CT molecular complexity index is 575. The minimum Gasteiger partial charge on any atom is -0.352 e. The third kappa shape index (κ3) is 4.96. The van der Waals surface area contributed by atoms with Gasteiger partial charge in [0.25, 0.3) is 11.6 Å². The van der Waals surface area contributed by atoms with Gasteiger partial charge in [-0.15, -0.1) is 0 Å². The van der Waals surface area contributed by atoms with Crippen LogP contribution in [0.4, 0.5) is 5.69 Å². The number of non-ortho nitro benzene ring substituents is 1. The lowest BCUT2D eigenvalue weighted by atomic mass is 10.1. The fraction of sp³-hybridized carbons (Fsp3) is 0.385. The lowest BCUT2D eigenvalue weighted by Crippen LogP contribution is -2.46. The van der Waals surface area contributed by atoms with Gasteiger partial charge in [-0.1, -0.05) is 0 Å². The zero-order valence-corrected chi connectivity index (χ0v) is 14.0. The first-order valence-electron chi connectivity index (χ1n) is 6.27. The number of halogens is 1. The van der Waals surface area contributed by atoms with Crippen LogP contribution < -0.4 is 10.6 Å². The van der Waals surface area contributed by atoms with Crippen molar-refractivity contribution in [3.05, 3.63) is 37.4 Å². The van der Waals surface area contributed by atoms with Crippen LogP contribution >= 0.6 is 22.6 Å². The number of rotatable bonds is 5. The quantitative estimate of drug-likeness (QED) is 0.444. The summed E-state index contributed by atoms with van der Waals surface area (Å²) in [7, 11) is 0. The SMILES string of the molecule is CC(C)NC(=O)C(C)NC(=O)c1cc([N+](=O)[O-])ccc1I. The third-order valence-corrected chi connectivity index (χ3v) is 3.52. The van der Waals surface area contributed by atoms with Crippen LogP contribution in [0.3, 0.4) is 0 Å². The molecule has 0 heterocycles. The fourth-order valence-electron chi connectivity index (χ4n) is 1.55. The summed E-state index contributed by atoms with van der Waals surface area (Å²) >= 11 is 1.92. The predicted octanol–water partition coefficient (Wildman–Crippen LogP) is 1.84. The van der Waals surface area contributed by atoms with E-state index in [0.29, 0.717) is 3.57 Å². The van der Waals surface area contributed by atoms with Gasteiger partial charge < -0.3 is 10.6 Å². The Labute approximate surface area is 135 Å². The highest BCUT2D eigenvalue weighted by molar-refractivity contribution is 14.1. The zero-order chi connectivity index (χ0) is 16.2. The summed E-state index contributed by atoms with van der Waals surface area (Å²) in [6.07, 6.45) is 0. The number of carbonyl (C=O) groups excluding carboxylic acids is 2. The number of hydrogen-bond acceptors (Lipinski definition) is 4. The number of amides is 2. The number of nitrogens with one attached hydrogen (secondary N) is 2. The lowest BCUT2D eigenvalue weighted by Gasteiger charge is -2.16. The second-order valence-corrected chi connectivity index (χ2v) is 5.94. The zero-order valence-electron chi connectivity index (χ0n) is 11.8. The van der Waals surface area contributed by atoms with Crippen LogP contribution in [0.25, 0.3) is 0 Å². The molecule has 0 aliphatic heterocycles. The molecule has 0 aromatic heterocycles. The number of hydrogen-bond donors (Lipinski definition) is 2. The smallest absolute Gasteiger partial charge is 0.270 e. The molecule has 2 amide bonds. The topological polar surface area (TPSA) is 101 Å². The molecule has 2 N–H and O–H groups in total. The molecular weight excluding hydrogens is 389 g/mol. The summed E-state index contributed by atoms with van der Waals surface area (Å²) in [5, 5.41) is 16.0. The van der Waals surface area contributed by atoms with Gasteiger partial charge in [0.15, 0.2) is 0 Å². The summed E-state index contributed by atoms with van der Waals surface area (Å²) in [6, 6.07) is 3.26. The van der Waals surface area contributed by atoms with E-state index in [1.165, 1.54) is 18.2 Å². The van der Waals surface area contributed by atoms with E-state index >= 15 is 0 Å². The summed E-state index contributed by atoms with van der Waals surface area (Å²) in [4.78, 5) is 34.0. The standard InChI is InChI=1S/C13H16IN3O4/c1-7(2)15-12(18)8(3)16-13(19)10-6-9(17(20)21)4-5-11(10)14/h4-8H,1-3H3,(H,15,18)(H,16,19). The summed E-state index contributed by atoms with van der Waals surface area (Å²) in [6.45, 7) is 5.19. The summed E-state index contributed by atoms with van der Waals surface area (Å²) in [5.41, 5.74) is 0.00819. The summed E-state index contributed by atoms with van der Waals surface area (Å²) < 4.78 is 0.576. The van der Waals surface area contributed by atoms with Crippen LogP contribution in [0, 0.1) is 13.7 Å². The average molecular weight is 405 g/mol. The first-order valence-corrected chi connectivity index (χ1v) is 7.35. The van der Waals surface area contributed by atoms with E-state index in [1.54, 1.807) is 6.92 Å². The van der Waals surface area contributed by atoms with Gasteiger partial charge in [-0.3, -0.25) is 19.7 Å². The molecule has 0 aliphatic rings. The van der Waals surface area contributed by atoms with Crippen molar-refractivity contribution in [1.29, 1.82) is 0 Å². The van der Waals surface area contributed by atoms with E-state index in [0.717, 1.165) is 0 Å². The van der Waals surface area contributed by atoms with Crippen molar-refractivity contribution in [1.82, 2.24) is 10.6 Å². The highest BCUT2D eigenvalue weighted by atomic mass is 127. The number of nitrogens with zero attached hydrogens (tertiary/aromatic N) is 1. The Hall–Kier alpha value is -1.71. The van der Waals surface area contributed by atoms with Gasteiger partial charge in [0, 0.05) is 21.7 Å². The van der Waals surface area contributed by atoms with Crippen molar-refractivity contribution >= 4 is 40.1 Å². The van der Waals surface area contributed by atoms with E-state index in [1.807, 2.05) is 36.4 Å². The molecule has 0 radical (unpaired) electrons. The maximum Gasteiger partial charge on any atom is 0.270 e. The molecule has 7 nitrogen and oxygen atoms in total. The average Bonchev–Trinajstić information content (AvgIpc) is 2.37. The molecule has 8 heteroatoms. The van der Waals surface area contributed by atoms with Crippen LogP contribution in [0.2, 0.25) is 0 Å². The molecule has 0 saturated carbocycles. The first-order chi connectivity index (χ1) is 9.72. The van der Waals surface area contributed by atoms with Crippen LogP contribution in [0.1, 0.15) is 31.1 Å². The lowest BCUT2D eigenvalue weighted by molar-refractivity contribution is -0.384. The Morgan fingerprint density at radius 2 is 1.86 bits per heavy atom. The molecular formula is C13H16IN3O4. The van der Waals surface area contributed by atoms with Gasteiger partial charge in [-0.2, -0.15) is 0 Å². The van der Waals surface area contributed by atoms with Crippen LogP contribution in [-0.2, 0) is 4.79 Å². The number of carbonyl (C=O) groups is 2. The number of benzene rings is 1. The molecule has 0 bridgehead atoms. The second kappa shape index (κ2) is 7.34. The Kier molecular flexibility index (Phi) is 6.06. The molecule has 114 valence electrons. The van der Waals surface area contributed by atoms with E-state index in [9.17, 15) is 19.7 Å². The highest BCUT2D eigenvalue weighted by Crippen LogP contribution is 2.19. The number of nitro groups is 1. The van der Waals surface area contributed by atoms with Crippen molar-refractivity contribution in [2.24, 2.45) is 0 Å². The molecule has 0 aliphatic carbocycles. The molecule has 1 atom stereocenters. The number of nitro benzene ring substituents is 1. The molecule has 0 spiro atoms. The second-order valence-electron chi connectivity index (χ2n) is 4.78. The maximum absolute atomic E-state index is 12.1. The van der Waals surface area contributed by atoms with Crippen LogP contribution in [0.15, 0.2) is 18.2 Å². The largest absolute Gasteiger partial charge is 0.352 e. The van der Waals surface area contributed by atoms with Gasteiger partial charge in [-0.25, -0.2) is 0 Å². The van der Waals surface area contributed by atoms with Crippen LogP contribution in [-0.4, -0.2) is 28.8 Å². The minimum atomic E-state index is -0.727. The van der Waals surface area contributed by atoms with E-state index in [2.05, 4.69) is 10.6 Å². The highest BCUT2D eigenvalue weighted by Gasteiger charge is 2.20. The van der Waals surface area contributed by atoms with Gasteiger partial charge >= 0.3 is 0 Å². The van der Waals surface area contributed by atoms with Crippen molar-refractivity contribution in [3.8, 4) is 0 Å². The normalized spacial score (nSPS) is 11.9. The fourth-order valence-corrected chi connectivity index (χ4v) is 2.13. The van der Waals surface area contributed by atoms with Crippen LogP contribution in [0.5, 0.6) is 0 Å². The molecule has 21 heavy (non-hydrogen) atoms. The minimum absolute atomic E-state index is 0.0326. The first kappa shape index (κ1) is 17.3. The molecule has 0 fully saturated rings. The predicted molar refractivity (Wildman–Crippen MR) is 86.0 cm³/mol. The van der Waals surface area contributed by atoms with Crippen molar-refractivity contribution in [2.45, 2.75) is 32.9 Å². The Morgan fingerprint density at radius 1 is 1.24 bits per heavy atom. The van der Waals surface area contributed by atoms with E-state index < -0.39 is 16.9 Å². The molecule has 0 saturated heterocycles. The van der Waals surface area contributed by atoms with Gasteiger partial charge in [0.05, 0.1) is 10.5 Å². The third-order valence-electron chi connectivity index (χ3n) is 2.58. The van der Waals surface area contributed by atoms with E-state index in [-0.39, 0.29) is 23.2 Å². The van der Waals surface area contributed by atoms with E-state index in [4.69, 9.17) is 0 Å². The Balaban J connectivity index is 2.87. The molecule has 1 aromatic rings. The van der Waals surface area contributed by atoms with Gasteiger partial charge in [0.2, 0.25) is 5.91 Å². The monoisotopic (exact) mass is 405 g/mol. The maximum atomic E-state index is 12.1.